The molecule has 9 heteroatoms. The number of sulfonamides is 1. The number of aromatic nitrogens is 1. The first-order valence-electron chi connectivity index (χ1n) is 12.3. The number of carbonyl (C=O) groups is 1. The van der Waals surface area contributed by atoms with Crippen LogP contribution in [0.5, 0.6) is 0 Å². The smallest absolute Gasteiger partial charge is 0.260 e. The van der Waals surface area contributed by atoms with Gasteiger partial charge in [-0.25, -0.2) is 13.4 Å². The molecule has 0 saturated carbocycles. The summed E-state index contributed by atoms with van der Waals surface area (Å²) in [5, 5.41) is 0.642. The van der Waals surface area contributed by atoms with Gasteiger partial charge in [0.05, 0.1) is 15.1 Å². The highest BCUT2D eigenvalue weighted by Gasteiger charge is 2.27. The molecule has 7 nitrogen and oxygen atoms in total. The molecule has 0 spiro atoms. The van der Waals surface area contributed by atoms with E-state index in [2.05, 4.69) is 0 Å². The minimum absolute atomic E-state index is 0.196. The molecular weight excluding hydrogens is 492 g/mol. The van der Waals surface area contributed by atoms with Gasteiger partial charge in [-0.3, -0.25) is 9.69 Å². The van der Waals surface area contributed by atoms with Gasteiger partial charge in [0.15, 0.2) is 5.13 Å². The average molecular weight is 531 g/mol. The van der Waals surface area contributed by atoms with Crippen LogP contribution < -0.4 is 4.90 Å². The number of carbonyl (C=O) groups excluding carboxylic acids is 1. The van der Waals surface area contributed by atoms with Gasteiger partial charge in [0.25, 0.3) is 5.91 Å². The fraction of sp³-hybridized carbons (Fsp3) is 0.481. The molecule has 0 saturated heterocycles. The number of hydrogen-bond acceptors (Lipinski definition) is 6. The number of para-hydroxylation sites is 1. The van der Waals surface area contributed by atoms with Crippen LogP contribution in [0.2, 0.25) is 0 Å². The number of rotatable bonds is 11. The van der Waals surface area contributed by atoms with E-state index in [-0.39, 0.29) is 22.6 Å². The minimum atomic E-state index is -3.66. The lowest BCUT2D eigenvalue weighted by Gasteiger charge is -2.26. The summed E-state index contributed by atoms with van der Waals surface area (Å²) in [5.74, 6) is 0.225. The van der Waals surface area contributed by atoms with Crippen LogP contribution in [0.1, 0.15) is 43.6 Å². The van der Waals surface area contributed by atoms with Gasteiger partial charge in [-0.1, -0.05) is 51.2 Å². The molecule has 1 amide bonds. The van der Waals surface area contributed by atoms with Gasteiger partial charge in [-0.15, -0.1) is 0 Å². The summed E-state index contributed by atoms with van der Waals surface area (Å²) in [5.41, 5.74) is 2.40. The molecule has 0 aliphatic carbocycles. The van der Waals surface area contributed by atoms with Crippen molar-refractivity contribution in [2.45, 2.75) is 39.5 Å². The normalized spacial score (nSPS) is 12.4. The SMILES string of the molecule is Cc1cccc2sc(N(CCN(C)C)C(=O)c3ccc(S(=O)(=O)N(CC(C)C)CC(C)C)cc3)nc12. The quantitative estimate of drug-likeness (QED) is 0.344. The molecule has 3 aromatic rings. The Hall–Kier alpha value is -2.33. The first kappa shape index (κ1) is 28.2. The number of thiazole rings is 1. The molecule has 0 radical (unpaired) electrons. The van der Waals surface area contributed by atoms with Gasteiger partial charge in [0, 0.05) is 31.7 Å². The zero-order valence-electron chi connectivity index (χ0n) is 22.4. The number of hydrogen-bond donors (Lipinski definition) is 0. The van der Waals surface area contributed by atoms with Crippen molar-refractivity contribution in [1.82, 2.24) is 14.2 Å². The highest BCUT2D eigenvalue weighted by molar-refractivity contribution is 7.89. The molecule has 0 fully saturated rings. The van der Waals surface area contributed by atoms with Crippen molar-refractivity contribution in [3.05, 3.63) is 53.6 Å². The van der Waals surface area contributed by atoms with Crippen LogP contribution in [0.4, 0.5) is 5.13 Å². The van der Waals surface area contributed by atoms with E-state index < -0.39 is 10.0 Å². The number of fused-ring (bicyclic) bond motifs is 1. The topological polar surface area (TPSA) is 73.8 Å². The molecule has 1 heterocycles. The molecule has 2 aromatic carbocycles. The summed E-state index contributed by atoms with van der Waals surface area (Å²) in [6.07, 6.45) is 0. The summed E-state index contributed by atoms with van der Waals surface area (Å²) in [6.45, 7) is 12.1. The summed E-state index contributed by atoms with van der Waals surface area (Å²) < 4.78 is 29.3. The van der Waals surface area contributed by atoms with E-state index in [0.717, 1.165) is 15.8 Å². The molecule has 0 aliphatic heterocycles. The van der Waals surface area contributed by atoms with Crippen molar-refractivity contribution in [3.63, 3.8) is 0 Å². The Balaban J connectivity index is 1.92. The first-order chi connectivity index (χ1) is 16.9. The summed E-state index contributed by atoms with van der Waals surface area (Å²) in [6, 6.07) is 12.3. The second kappa shape index (κ2) is 11.8. The summed E-state index contributed by atoms with van der Waals surface area (Å²) in [4.78, 5) is 22.3. The third-order valence-corrected chi connectivity index (χ3v) is 8.62. The molecular formula is C27H38N4O3S2. The molecule has 0 aliphatic rings. The van der Waals surface area contributed by atoms with E-state index >= 15 is 0 Å². The Kier molecular flexibility index (Phi) is 9.27. The zero-order chi connectivity index (χ0) is 26.6. The number of likely N-dealkylation sites (N-methyl/N-ethyl adjacent to an activating group) is 1. The van der Waals surface area contributed by atoms with Gasteiger partial charge in [0.1, 0.15) is 0 Å². The Labute approximate surface area is 219 Å². The van der Waals surface area contributed by atoms with E-state index in [1.165, 1.54) is 11.3 Å². The van der Waals surface area contributed by atoms with Crippen molar-refractivity contribution in [3.8, 4) is 0 Å². The second-order valence-electron chi connectivity index (χ2n) is 10.3. The standard InChI is InChI=1S/C27H38N4O3S2/c1-19(2)17-30(18-20(3)4)36(33,34)23-13-11-22(12-14-23)26(32)31(16-15-29(6)7)27-28-25-21(5)9-8-10-24(25)35-27/h8-14,19-20H,15-18H2,1-7H3. The molecule has 0 unspecified atom stereocenters. The van der Waals surface area contributed by atoms with Crippen LogP contribution >= 0.6 is 11.3 Å². The maximum atomic E-state index is 13.6. The van der Waals surface area contributed by atoms with Gasteiger partial charge >= 0.3 is 0 Å². The highest BCUT2D eigenvalue weighted by atomic mass is 32.2. The maximum absolute atomic E-state index is 13.6. The van der Waals surface area contributed by atoms with Crippen LogP contribution in [-0.4, -0.2) is 68.8 Å². The molecule has 36 heavy (non-hydrogen) atoms. The van der Waals surface area contributed by atoms with Crippen molar-refractivity contribution < 1.29 is 13.2 Å². The van der Waals surface area contributed by atoms with Gasteiger partial charge in [-0.05, 0) is 68.8 Å². The maximum Gasteiger partial charge on any atom is 0.260 e. The van der Waals surface area contributed by atoms with Crippen molar-refractivity contribution in [2.24, 2.45) is 11.8 Å². The lowest BCUT2D eigenvalue weighted by Crippen LogP contribution is -2.37. The summed E-state index contributed by atoms with van der Waals surface area (Å²) >= 11 is 1.49. The molecule has 0 atom stereocenters. The number of anilines is 1. The van der Waals surface area contributed by atoms with E-state index in [4.69, 9.17) is 4.98 Å². The van der Waals surface area contributed by atoms with Gasteiger partial charge < -0.3 is 4.90 Å². The monoisotopic (exact) mass is 530 g/mol. The molecule has 196 valence electrons. The third-order valence-electron chi connectivity index (χ3n) is 5.73. The minimum Gasteiger partial charge on any atom is -0.308 e. The molecule has 1 aromatic heterocycles. The molecule has 3 rings (SSSR count). The van der Waals surface area contributed by atoms with E-state index in [1.54, 1.807) is 33.5 Å². The Morgan fingerprint density at radius 3 is 2.08 bits per heavy atom. The van der Waals surface area contributed by atoms with Crippen LogP contribution in [0.25, 0.3) is 10.2 Å². The molecule has 0 bridgehead atoms. The van der Waals surface area contributed by atoms with Crippen molar-refractivity contribution in [1.29, 1.82) is 0 Å². The molecule has 0 N–H and O–H groups in total. The Morgan fingerprint density at radius 2 is 1.56 bits per heavy atom. The Morgan fingerprint density at radius 1 is 0.944 bits per heavy atom. The van der Waals surface area contributed by atoms with Crippen molar-refractivity contribution >= 4 is 42.6 Å². The lowest BCUT2D eigenvalue weighted by atomic mass is 10.2. The van der Waals surface area contributed by atoms with E-state index in [9.17, 15) is 13.2 Å². The first-order valence-corrected chi connectivity index (χ1v) is 14.6. The average Bonchev–Trinajstić information content (AvgIpc) is 3.23. The van der Waals surface area contributed by atoms with Crippen molar-refractivity contribution in [2.75, 3.05) is 45.2 Å². The third kappa shape index (κ3) is 6.70. The fourth-order valence-electron chi connectivity index (χ4n) is 3.93. The second-order valence-corrected chi connectivity index (χ2v) is 13.3. The van der Waals surface area contributed by atoms with Crippen LogP contribution in [0, 0.1) is 18.8 Å². The number of amides is 1. The largest absolute Gasteiger partial charge is 0.308 e. The predicted octanol–water partition coefficient (Wildman–Crippen LogP) is 5.12. The van der Waals surface area contributed by atoms with Gasteiger partial charge in [0.2, 0.25) is 10.0 Å². The fourth-order valence-corrected chi connectivity index (χ4v) is 6.77. The highest BCUT2D eigenvalue weighted by Crippen LogP contribution is 2.31. The van der Waals surface area contributed by atoms with E-state index in [0.29, 0.717) is 36.9 Å². The number of benzene rings is 2. The lowest BCUT2D eigenvalue weighted by molar-refractivity contribution is 0.0985. The Bertz CT molecular complexity index is 1270. The van der Waals surface area contributed by atoms with Crippen LogP contribution in [-0.2, 0) is 10.0 Å². The van der Waals surface area contributed by atoms with Gasteiger partial charge in [-0.2, -0.15) is 4.31 Å². The number of aryl methyl sites for hydroxylation is 1. The van der Waals surface area contributed by atoms with Crippen LogP contribution in [0.3, 0.4) is 0 Å². The number of nitrogens with zero attached hydrogens (tertiary/aromatic N) is 4. The summed E-state index contributed by atoms with van der Waals surface area (Å²) in [7, 11) is 0.268. The zero-order valence-corrected chi connectivity index (χ0v) is 24.0. The van der Waals surface area contributed by atoms with E-state index in [1.807, 2.05) is 71.8 Å². The van der Waals surface area contributed by atoms with Crippen LogP contribution in [0.15, 0.2) is 47.4 Å². The predicted molar refractivity (Wildman–Crippen MR) is 149 cm³/mol.